The SMILES string of the molecule is C.C#Cc1ccc(-c2n[nH]c3ccc(N4CC[C@]5(CCN(CC(=O)N6CC=C(c7ccc(-c8nn(C)c(=O)o8)cc7)CC6)C5)C4=O)cc23)cc1OC.COc1ccc(-c2n[nH]c3ccc(N4CC[C@]5(CCN(CC(=O)N6CC=C(c7ccc(-c8nn(C)c(=O)o8)cc7)CC6)C5)C4=O)cc23)cc1C#N. The summed E-state index contributed by atoms with van der Waals surface area (Å²) in [7, 11) is 6.22. The Morgan fingerprint density at radius 3 is 1.40 bits per heavy atom. The number of rotatable bonds is 14. The molecular formula is C78H77N15O10. The highest BCUT2D eigenvalue weighted by Gasteiger charge is 2.53. The van der Waals surface area contributed by atoms with Crippen LogP contribution in [-0.4, -0.2) is 176 Å². The van der Waals surface area contributed by atoms with Gasteiger partial charge in [0, 0.05) is 111 Å². The van der Waals surface area contributed by atoms with Gasteiger partial charge in [-0.05, 0) is 165 Å². The van der Waals surface area contributed by atoms with E-state index in [9.17, 15) is 34.0 Å². The first kappa shape index (κ1) is 68.2. The fraction of sp³-hybridized carbons (Fsp3) is 0.321. The number of terminal acetylenes is 1. The lowest BCUT2D eigenvalue weighted by Crippen LogP contribution is -2.43. The van der Waals surface area contributed by atoms with E-state index in [0.717, 1.165) is 115 Å². The number of nitrogens with zero attached hydrogens (tertiary/aromatic N) is 13. The van der Waals surface area contributed by atoms with Crippen LogP contribution in [0.15, 0.2) is 152 Å². The Kier molecular flexibility index (Phi) is 18.5. The molecule has 0 aliphatic carbocycles. The lowest BCUT2D eigenvalue weighted by atomic mass is 9.85. The molecular weight excluding hydrogens is 1310 g/mol. The third kappa shape index (κ3) is 13.0. The Bertz CT molecular complexity index is 5270. The van der Waals surface area contributed by atoms with E-state index in [1.807, 2.05) is 129 Å². The zero-order valence-corrected chi connectivity index (χ0v) is 56.9. The molecule has 6 aliphatic rings. The molecule has 0 radical (unpaired) electrons. The highest BCUT2D eigenvalue weighted by atomic mass is 16.5. The van der Waals surface area contributed by atoms with Gasteiger partial charge in [0.2, 0.25) is 35.4 Å². The zero-order valence-electron chi connectivity index (χ0n) is 56.9. The summed E-state index contributed by atoms with van der Waals surface area (Å²) in [5.74, 6) is 3.67. The van der Waals surface area contributed by atoms with Gasteiger partial charge in [-0.25, -0.2) is 9.59 Å². The number of fused-ring (bicyclic) bond motifs is 2. The minimum Gasteiger partial charge on any atom is -0.495 e. The van der Waals surface area contributed by atoms with Crippen molar-refractivity contribution in [1.29, 1.82) is 5.26 Å². The number of likely N-dealkylation sites (tertiary alicyclic amines) is 2. The minimum absolute atomic E-state index is 0. The van der Waals surface area contributed by atoms with E-state index >= 15 is 0 Å². The summed E-state index contributed by atoms with van der Waals surface area (Å²) in [6.45, 7) is 6.70. The van der Waals surface area contributed by atoms with Crippen LogP contribution < -0.4 is 30.8 Å². The lowest BCUT2D eigenvalue weighted by molar-refractivity contribution is -0.133. The van der Waals surface area contributed by atoms with E-state index in [-0.39, 0.29) is 42.8 Å². The number of H-pyrrole nitrogens is 2. The molecule has 6 aromatic carbocycles. The zero-order chi connectivity index (χ0) is 70.6. The number of anilines is 2. The molecule has 10 aromatic rings. The summed E-state index contributed by atoms with van der Waals surface area (Å²) < 4.78 is 23.5. The van der Waals surface area contributed by atoms with Crippen molar-refractivity contribution < 1.29 is 37.5 Å². The smallest absolute Gasteiger partial charge is 0.437 e. The van der Waals surface area contributed by atoms with E-state index in [0.29, 0.717) is 107 Å². The fourth-order valence-corrected chi connectivity index (χ4v) is 15.2. The maximum absolute atomic E-state index is 14.0. The number of nitriles is 1. The Labute approximate surface area is 593 Å². The standard InChI is InChI=1S/C39H37N7O5.C38H36N8O5.CH4/c1-4-25-5-10-29(21-33(25)50-3)35-31-22-30(11-12-32(31)40-41-35)46-20-16-39(37(46)48)15-19-44(24-39)23-34(47)45-17-13-27(14-18-45)26-6-8-28(9-7-26)36-42-43(2)38(49)51-36;1-43-37(49)51-35(42-43)26-5-3-24(4-6-26)25-11-15-45(16-12-25)33(47)22-44-17-13-38(23-44)14-18-46(36(38)48)29-8-9-31-30(20-29)34(41-40-31)27-7-10-32(50-2)28(19-27)21-39;/h1,5-13,21-22H,14-20,23-24H2,2-3H3,(H,40,41);3-11,19-20H,12-18,22-23H2,1-2H3,(H,40,41);1H4/t39-;38-;/m00./s1. The summed E-state index contributed by atoms with van der Waals surface area (Å²) in [4.78, 5) is 90.0. The molecule has 16 rings (SSSR count). The van der Waals surface area contributed by atoms with Crippen LogP contribution in [0.25, 0.3) is 78.4 Å². The maximum atomic E-state index is 14.0. The topological polar surface area (TPSA) is 283 Å². The van der Waals surface area contributed by atoms with Crippen molar-refractivity contribution in [3.05, 3.63) is 177 Å². The molecule has 0 unspecified atom stereocenters. The first-order valence-electron chi connectivity index (χ1n) is 34.0. The summed E-state index contributed by atoms with van der Waals surface area (Å²) in [6.07, 6.45) is 14.2. The maximum Gasteiger partial charge on any atom is 0.437 e. The third-order valence-electron chi connectivity index (χ3n) is 21.1. The summed E-state index contributed by atoms with van der Waals surface area (Å²) in [5, 5.41) is 34.9. The van der Waals surface area contributed by atoms with E-state index < -0.39 is 22.3 Å². The van der Waals surface area contributed by atoms with Crippen LogP contribution in [0.3, 0.4) is 0 Å². The molecule has 10 heterocycles. The van der Waals surface area contributed by atoms with Crippen LogP contribution in [0.4, 0.5) is 11.4 Å². The second-order valence-electron chi connectivity index (χ2n) is 27.0. The monoisotopic (exact) mass is 1380 g/mol. The average Bonchev–Trinajstić information content (AvgIpc) is 1.61. The van der Waals surface area contributed by atoms with Crippen molar-refractivity contribution in [3.8, 4) is 75.3 Å². The quantitative estimate of drug-likeness (QED) is 0.0959. The number of carbonyl (C=O) groups excluding carboxylic acids is 4. The molecule has 0 bridgehead atoms. The van der Waals surface area contributed by atoms with Crippen LogP contribution >= 0.6 is 0 Å². The van der Waals surface area contributed by atoms with Gasteiger partial charge in [-0.2, -0.15) is 24.8 Å². The minimum atomic E-state index is -0.509. The van der Waals surface area contributed by atoms with Crippen LogP contribution in [0.5, 0.6) is 11.5 Å². The number of ether oxygens (including phenoxy) is 2. The van der Waals surface area contributed by atoms with Gasteiger partial charge >= 0.3 is 11.5 Å². The molecule has 2 atom stereocenters. The molecule has 6 aliphatic heterocycles. The lowest BCUT2D eigenvalue weighted by Gasteiger charge is -2.29. The van der Waals surface area contributed by atoms with Crippen LogP contribution in [0.1, 0.15) is 68.2 Å². The molecule has 4 aromatic heterocycles. The highest BCUT2D eigenvalue weighted by Crippen LogP contribution is 2.46. The number of carbonyl (C=O) groups is 4. The predicted octanol–water partition coefficient (Wildman–Crippen LogP) is 9.16. The molecule has 4 amide bonds. The molecule has 0 saturated carbocycles. The molecule has 4 fully saturated rings. The molecule has 524 valence electrons. The normalized spacial score (nSPS) is 19.0. The molecule has 103 heavy (non-hydrogen) atoms. The van der Waals surface area contributed by atoms with Gasteiger partial charge in [-0.3, -0.25) is 39.2 Å². The van der Waals surface area contributed by atoms with Crippen LogP contribution in [0, 0.1) is 34.5 Å². The van der Waals surface area contributed by atoms with Crippen molar-refractivity contribution >= 4 is 68.0 Å². The molecule has 2 spiro atoms. The van der Waals surface area contributed by atoms with E-state index in [4.69, 9.17) is 24.7 Å². The molecule has 4 saturated heterocycles. The number of methoxy groups -OCH3 is 2. The second-order valence-corrected chi connectivity index (χ2v) is 27.0. The number of aromatic amines is 2. The number of amides is 4. The molecule has 2 N–H and O–H groups in total. The van der Waals surface area contributed by atoms with Crippen LogP contribution in [0.2, 0.25) is 0 Å². The number of benzene rings is 6. The number of hydrogen-bond acceptors (Lipinski definition) is 17. The molecule has 25 nitrogen and oxygen atoms in total. The number of aryl methyl sites for hydroxylation is 2. The average molecular weight is 1380 g/mol. The van der Waals surface area contributed by atoms with Gasteiger partial charge in [-0.15, -0.1) is 16.6 Å². The van der Waals surface area contributed by atoms with Gasteiger partial charge in [0.25, 0.3) is 0 Å². The van der Waals surface area contributed by atoms with Gasteiger partial charge in [-0.1, -0.05) is 55.8 Å². The van der Waals surface area contributed by atoms with Gasteiger partial charge < -0.3 is 37.9 Å². The highest BCUT2D eigenvalue weighted by molar-refractivity contribution is 6.05. The van der Waals surface area contributed by atoms with Crippen LogP contribution in [-0.2, 0) is 33.3 Å². The third-order valence-corrected chi connectivity index (χ3v) is 21.1. The number of aromatic nitrogens is 8. The summed E-state index contributed by atoms with van der Waals surface area (Å²) in [5.41, 5.74) is 12.5. The second kappa shape index (κ2) is 27.9. The Morgan fingerprint density at radius 2 is 0.981 bits per heavy atom. The number of nitrogens with one attached hydrogen (secondary N) is 2. The van der Waals surface area contributed by atoms with Crippen molar-refractivity contribution in [2.75, 3.05) is 103 Å². The summed E-state index contributed by atoms with van der Waals surface area (Å²) in [6, 6.07) is 40.5. The van der Waals surface area contributed by atoms with Gasteiger partial charge in [0.1, 0.15) is 29.0 Å². The van der Waals surface area contributed by atoms with Gasteiger partial charge in [0.15, 0.2) is 0 Å². The van der Waals surface area contributed by atoms with E-state index in [1.165, 1.54) is 22.9 Å². The van der Waals surface area contributed by atoms with Crippen molar-refractivity contribution in [3.63, 3.8) is 0 Å². The molecule has 25 heteroatoms. The van der Waals surface area contributed by atoms with Gasteiger partial charge in [0.05, 0.1) is 60.3 Å². The number of hydrogen-bond donors (Lipinski definition) is 2. The fourth-order valence-electron chi connectivity index (χ4n) is 15.2. The first-order valence-corrected chi connectivity index (χ1v) is 34.0. The Balaban J connectivity index is 0.000000173. The van der Waals surface area contributed by atoms with Crippen molar-refractivity contribution in [1.82, 2.24) is 59.6 Å². The summed E-state index contributed by atoms with van der Waals surface area (Å²) >= 11 is 0. The van der Waals surface area contributed by atoms with E-state index in [2.05, 4.69) is 64.5 Å². The largest absolute Gasteiger partial charge is 0.495 e. The Hall–Kier alpha value is -11.9. The van der Waals surface area contributed by atoms with E-state index in [1.54, 1.807) is 33.3 Å². The van der Waals surface area contributed by atoms with Crippen molar-refractivity contribution in [2.24, 2.45) is 24.9 Å². The predicted molar refractivity (Wildman–Crippen MR) is 389 cm³/mol. The van der Waals surface area contributed by atoms with Crippen molar-refractivity contribution in [2.45, 2.75) is 46.0 Å². The Morgan fingerprint density at radius 1 is 0.544 bits per heavy atom. The first-order chi connectivity index (χ1) is 49.5.